The quantitative estimate of drug-likeness (QED) is 0.295. The second-order valence-electron chi connectivity index (χ2n) is 8.20. The second-order valence-corrected chi connectivity index (χ2v) is 11.5. The number of halogens is 1. The average Bonchev–Trinajstić information content (AvgIpc) is 3.30. The fourth-order valence-corrected chi connectivity index (χ4v) is 6.12. The van der Waals surface area contributed by atoms with Gasteiger partial charge < -0.3 is 10.1 Å². The number of aromatic nitrogens is 3. The molecule has 1 saturated heterocycles. The summed E-state index contributed by atoms with van der Waals surface area (Å²) in [5.41, 5.74) is 1.18. The van der Waals surface area contributed by atoms with Crippen LogP contribution >= 0.6 is 23.4 Å². The highest BCUT2D eigenvalue weighted by Crippen LogP contribution is 2.25. The van der Waals surface area contributed by atoms with Gasteiger partial charge in [-0.3, -0.25) is 14.2 Å². The highest BCUT2D eigenvalue weighted by atomic mass is 35.5. The molecular weight excluding hydrogens is 538 g/mol. The highest BCUT2D eigenvalue weighted by Gasteiger charge is 2.26. The molecule has 13 heteroatoms. The molecule has 0 saturated carbocycles. The normalized spacial score (nSPS) is 14.4. The number of morpholine rings is 1. The fourth-order valence-electron chi connectivity index (χ4n) is 3.72. The van der Waals surface area contributed by atoms with Gasteiger partial charge in [0.15, 0.2) is 10.9 Å². The van der Waals surface area contributed by atoms with E-state index in [9.17, 15) is 18.0 Å². The van der Waals surface area contributed by atoms with Gasteiger partial charge in [-0.15, -0.1) is 10.2 Å². The van der Waals surface area contributed by atoms with Gasteiger partial charge in [0, 0.05) is 49.3 Å². The molecule has 0 radical (unpaired) electrons. The molecule has 2 aromatic carbocycles. The monoisotopic (exact) mass is 563 g/mol. The molecular formula is C24H26ClN5O5S2. The summed E-state index contributed by atoms with van der Waals surface area (Å²) in [5.74, 6) is 0.392. The Bertz CT molecular complexity index is 1360. The lowest BCUT2D eigenvalue weighted by atomic mass is 10.1. The van der Waals surface area contributed by atoms with Crippen LogP contribution in [0.4, 0.5) is 0 Å². The van der Waals surface area contributed by atoms with Crippen molar-refractivity contribution in [1.29, 1.82) is 0 Å². The Hall–Kier alpha value is -2.77. The van der Waals surface area contributed by atoms with Crippen LogP contribution in [0.3, 0.4) is 0 Å². The molecule has 1 aliphatic heterocycles. The molecule has 0 aliphatic carbocycles. The molecule has 4 rings (SSSR count). The van der Waals surface area contributed by atoms with E-state index in [1.807, 2.05) is 16.7 Å². The Labute approximate surface area is 224 Å². The fraction of sp³-hybridized carbons (Fsp3) is 0.333. The molecule has 2 heterocycles. The third kappa shape index (κ3) is 6.76. The van der Waals surface area contributed by atoms with Crippen molar-refractivity contribution in [3.05, 3.63) is 64.9 Å². The number of carbonyl (C=O) groups is 2. The Balaban J connectivity index is 1.47. The number of nitrogens with zero attached hydrogens (tertiary/aromatic N) is 4. The summed E-state index contributed by atoms with van der Waals surface area (Å²) in [6.07, 6.45) is 0.447. The zero-order chi connectivity index (χ0) is 26.4. The molecule has 3 aromatic rings. The number of nitrogens with one attached hydrogen (secondary N) is 1. The predicted molar refractivity (Wildman–Crippen MR) is 140 cm³/mol. The number of ketones is 1. The molecule has 1 aliphatic rings. The molecule has 1 N–H and O–H groups in total. The van der Waals surface area contributed by atoms with E-state index in [1.165, 1.54) is 47.3 Å². The zero-order valence-corrected chi connectivity index (χ0v) is 22.5. The van der Waals surface area contributed by atoms with Crippen LogP contribution in [0.1, 0.15) is 23.1 Å². The molecule has 0 atom stereocenters. The van der Waals surface area contributed by atoms with Crippen LogP contribution in [-0.2, 0) is 26.0 Å². The van der Waals surface area contributed by atoms with E-state index < -0.39 is 10.0 Å². The molecule has 1 amide bonds. The summed E-state index contributed by atoms with van der Waals surface area (Å²) in [6.45, 7) is 3.18. The number of thioether (sulfide) groups is 1. The van der Waals surface area contributed by atoms with E-state index in [1.54, 1.807) is 12.1 Å². The number of hydrogen-bond donors (Lipinski definition) is 1. The molecule has 37 heavy (non-hydrogen) atoms. The molecule has 10 nitrogen and oxygen atoms in total. The van der Waals surface area contributed by atoms with Crippen molar-refractivity contribution in [2.75, 3.05) is 38.6 Å². The summed E-state index contributed by atoms with van der Waals surface area (Å²) in [6, 6.07) is 13.1. The maximum absolute atomic E-state index is 12.9. The second kappa shape index (κ2) is 12.2. The summed E-state index contributed by atoms with van der Waals surface area (Å²) < 4.78 is 34.1. The summed E-state index contributed by atoms with van der Waals surface area (Å²) in [5, 5.41) is 12.4. The number of hydrogen-bond acceptors (Lipinski definition) is 8. The van der Waals surface area contributed by atoms with Gasteiger partial charge in [0.2, 0.25) is 15.9 Å². The minimum atomic E-state index is -3.63. The van der Waals surface area contributed by atoms with Gasteiger partial charge in [-0.1, -0.05) is 35.5 Å². The van der Waals surface area contributed by atoms with Crippen molar-refractivity contribution >= 4 is 45.1 Å². The maximum atomic E-state index is 12.9. The van der Waals surface area contributed by atoms with Crippen LogP contribution in [-0.4, -0.2) is 77.8 Å². The summed E-state index contributed by atoms with van der Waals surface area (Å²) in [7, 11) is -3.63. The van der Waals surface area contributed by atoms with Crippen molar-refractivity contribution in [3.8, 4) is 5.69 Å². The molecule has 1 aromatic heterocycles. The number of ether oxygens (including phenoxy) is 1. The Kier molecular flexibility index (Phi) is 8.98. The standard InChI is InChI=1S/C24H26ClN5O5S2/c1-17(31)26-11-10-23-27-28-24(30(23)20-6-4-19(25)5-7-20)36-16-22(32)18-2-8-21(9-3-18)37(33,34)29-12-14-35-15-13-29/h2-9H,10-16H2,1H3,(H,26,31). The van der Waals surface area contributed by atoms with Gasteiger partial charge in [0.25, 0.3) is 0 Å². The molecule has 1 fully saturated rings. The third-order valence-electron chi connectivity index (χ3n) is 5.62. The van der Waals surface area contributed by atoms with E-state index in [0.717, 1.165) is 5.69 Å². The number of sulfonamides is 1. The van der Waals surface area contributed by atoms with Gasteiger partial charge in [-0.05, 0) is 36.4 Å². The summed E-state index contributed by atoms with van der Waals surface area (Å²) in [4.78, 5) is 24.3. The van der Waals surface area contributed by atoms with Gasteiger partial charge in [-0.2, -0.15) is 4.31 Å². The first-order chi connectivity index (χ1) is 17.8. The largest absolute Gasteiger partial charge is 0.379 e. The van der Waals surface area contributed by atoms with Crippen molar-refractivity contribution in [2.24, 2.45) is 0 Å². The molecule has 0 unspecified atom stereocenters. The van der Waals surface area contributed by atoms with Crippen molar-refractivity contribution in [1.82, 2.24) is 24.4 Å². The van der Waals surface area contributed by atoms with E-state index >= 15 is 0 Å². The van der Waals surface area contributed by atoms with E-state index in [0.29, 0.717) is 60.8 Å². The number of rotatable bonds is 10. The van der Waals surface area contributed by atoms with Gasteiger partial charge in [0.05, 0.1) is 23.9 Å². The van der Waals surface area contributed by atoms with Gasteiger partial charge in [0.1, 0.15) is 5.82 Å². The van der Waals surface area contributed by atoms with Crippen LogP contribution in [0.5, 0.6) is 0 Å². The molecule has 196 valence electrons. The number of benzene rings is 2. The van der Waals surface area contributed by atoms with E-state index in [4.69, 9.17) is 16.3 Å². The molecule has 0 spiro atoms. The minimum absolute atomic E-state index is 0.0764. The van der Waals surface area contributed by atoms with E-state index in [-0.39, 0.29) is 22.3 Å². The Morgan fingerprint density at radius 2 is 1.73 bits per heavy atom. The third-order valence-corrected chi connectivity index (χ3v) is 8.72. The first-order valence-electron chi connectivity index (χ1n) is 11.5. The van der Waals surface area contributed by atoms with Crippen LogP contribution in [0.15, 0.2) is 58.6 Å². The zero-order valence-electron chi connectivity index (χ0n) is 20.1. The average molecular weight is 564 g/mol. The Morgan fingerprint density at radius 3 is 2.38 bits per heavy atom. The van der Waals surface area contributed by atoms with Gasteiger partial charge >= 0.3 is 0 Å². The predicted octanol–water partition coefficient (Wildman–Crippen LogP) is 2.60. The first-order valence-corrected chi connectivity index (χ1v) is 14.3. The van der Waals surface area contributed by atoms with Gasteiger partial charge in [-0.25, -0.2) is 8.42 Å². The number of Topliss-reactive ketones (excluding diaryl/α,β-unsaturated/α-hetero) is 1. The lowest BCUT2D eigenvalue weighted by Gasteiger charge is -2.26. The van der Waals surface area contributed by atoms with E-state index in [2.05, 4.69) is 15.5 Å². The van der Waals surface area contributed by atoms with Crippen LogP contribution in [0, 0.1) is 0 Å². The SMILES string of the molecule is CC(=O)NCCc1nnc(SCC(=O)c2ccc(S(=O)(=O)N3CCOCC3)cc2)n1-c1ccc(Cl)cc1. The molecule has 0 bridgehead atoms. The summed E-state index contributed by atoms with van der Waals surface area (Å²) >= 11 is 7.26. The smallest absolute Gasteiger partial charge is 0.243 e. The van der Waals surface area contributed by atoms with Crippen molar-refractivity contribution < 1.29 is 22.7 Å². The van der Waals surface area contributed by atoms with Crippen LogP contribution in [0.25, 0.3) is 5.69 Å². The highest BCUT2D eigenvalue weighted by molar-refractivity contribution is 7.99. The Morgan fingerprint density at radius 1 is 1.05 bits per heavy atom. The lowest BCUT2D eigenvalue weighted by molar-refractivity contribution is -0.118. The number of amides is 1. The minimum Gasteiger partial charge on any atom is -0.379 e. The van der Waals surface area contributed by atoms with Crippen molar-refractivity contribution in [2.45, 2.75) is 23.4 Å². The van der Waals surface area contributed by atoms with Crippen LogP contribution < -0.4 is 5.32 Å². The van der Waals surface area contributed by atoms with Crippen molar-refractivity contribution in [3.63, 3.8) is 0 Å². The van der Waals surface area contributed by atoms with Crippen LogP contribution in [0.2, 0.25) is 5.02 Å². The topological polar surface area (TPSA) is 123 Å². The lowest BCUT2D eigenvalue weighted by Crippen LogP contribution is -2.40. The maximum Gasteiger partial charge on any atom is 0.243 e. The first kappa shape index (κ1) is 27.3. The number of carbonyl (C=O) groups excluding carboxylic acids is 2.